The smallest absolute Gasteiger partial charge is 0.0185 e. The first-order valence-electron chi connectivity index (χ1n) is 5.14. The number of halogens is 1. The molecule has 1 unspecified atom stereocenters. The van der Waals surface area contributed by atoms with Gasteiger partial charge in [0.05, 0.1) is 0 Å². The van der Waals surface area contributed by atoms with Gasteiger partial charge in [0, 0.05) is 24.5 Å². The van der Waals surface area contributed by atoms with E-state index >= 15 is 0 Å². The molecule has 13 heavy (non-hydrogen) atoms. The average molecular weight is 251 g/mol. The van der Waals surface area contributed by atoms with E-state index in [1.165, 1.54) is 6.54 Å². The first-order valence-corrected chi connectivity index (χ1v) is 6.26. The summed E-state index contributed by atoms with van der Waals surface area (Å²) in [5, 5.41) is 1.06. The van der Waals surface area contributed by atoms with Crippen molar-refractivity contribution in [3.63, 3.8) is 0 Å². The van der Waals surface area contributed by atoms with Crippen molar-refractivity contribution >= 4 is 15.9 Å². The van der Waals surface area contributed by atoms with Crippen molar-refractivity contribution < 1.29 is 0 Å². The van der Waals surface area contributed by atoms with Gasteiger partial charge in [-0.25, -0.2) is 0 Å². The third kappa shape index (κ3) is 5.66. The van der Waals surface area contributed by atoms with E-state index in [1.807, 2.05) is 0 Å². The molecule has 1 atom stereocenters. The van der Waals surface area contributed by atoms with Crippen LogP contribution in [0.15, 0.2) is 0 Å². The van der Waals surface area contributed by atoms with E-state index in [2.05, 4.69) is 53.5 Å². The zero-order valence-corrected chi connectivity index (χ0v) is 11.0. The Bertz CT molecular complexity index is 115. The zero-order chi connectivity index (χ0) is 10.3. The Hall–Kier alpha value is 0.400. The normalized spacial score (nSPS) is 14.1. The number of hydrogen-bond acceptors (Lipinski definition) is 2. The molecule has 0 amide bonds. The highest BCUT2D eigenvalue weighted by Crippen LogP contribution is 1.99. The van der Waals surface area contributed by atoms with Crippen LogP contribution >= 0.6 is 15.9 Å². The van der Waals surface area contributed by atoms with Gasteiger partial charge in [-0.2, -0.15) is 0 Å². The van der Waals surface area contributed by atoms with E-state index in [0.29, 0.717) is 6.04 Å². The molecule has 0 aliphatic rings. The lowest BCUT2D eigenvalue weighted by Gasteiger charge is -2.26. The molecule has 0 aliphatic carbocycles. The van der Waals surface area contributed by atoms with Crippen LogP contribution in [0.3, 0.4) is 0 Å². The minimum atomic E-state index is 0.635. The molecule has 0 spiro atoms. The van der Waals surface area contributed by atoms with Crippen molar-refractivity contribution in [2.24, 2.45) is 0 Å². The quantitative estimate of drug-likeness (QED) is 0.639. The van der Waals surface area contributed by atoms with Gasteiger partial charge >= 0.3 is 0 Å². The van der Waals surface area contributed by atoms with Crippen LogP contribution in [0.5, 0.6) is 0 Å². The molecule has 0 radical (unpaired) electrons. The van der Waals surface area contributed by atoms with E-state index in [-0.39, 0.29) is 0 Å². The molecule has 0 fully saturated rings. The zero-order valence-electron chi connectivity index (χ0n) is 9.39. The SMILES string of the molecule is CCN(CC)CCN(C)C(C)CBr. The third-order valence-electron chi connectivity index (χ3n) is 2.64. The molecular weight excluding hydrogens is 228 g/mol. The molecule has 2 nitrogen and oxygen atoms in total. The fourth-order valence-corrected chi connectivity index (χ4v) is 1.67. The molecule has 0 aromatic carbocycles. The van der Waals surface area contributed by atoms with Crippen molar-refractivity contribution in [3.05, 3.63) is 0 Å². The second-order valence-electron chi connectivity index (χ2n) is 3.51. The van der Waals surface area contributed by atoms with E-state index in [0.717, 1.165) is 25.0 Å². The molecule has 0 aliphatic heterocycles. The summed E-state index contributed by atoms with van der Waals surface area (Å²) in [6.45, 7) is 11.3. The van der Waals surface area contributed by atoms with Crippen molar-refractivity contribution in [1.82, 2.24) is 9.80 Å². The van der Waals surface area contributed by atoms with Gasteiger partial charge in [0.2, 0.25) is 0 Å². The molecular formula is C10H23BrN2. The van der Waals surface area contributed by atoms with Crippen LogP contribution in [-0.2, 0) is 0 Å². The van der Waals surface area contributed by atoms with Gasteiger partial charge in [0.15, 0.2) is 0 Å². The molecule has 0 bridgehead atoms. The summed E-state index contributed by atoms with van der Waals surface area (Å²) in [6, 6.07) is 0.635. The summed E-state index contributed by atoms with van der Waals surface area (Å²) >= 11 is 3.50. The van der Waals surface area contributed by atoms with Crippen molar-refractivity contribution in [3.8, 4) is 0 Å². The largest absolute Gasteiger partial charge is 0.303 e. The van der Waals surface area contributed by atoms with Crippen LogP contribution in [0, 0.1) is 0 Å². The lowest BCUT2D eigenvalue weighted by atomic mass is 10.3. The van der Waals surface area contributed by atoms with E-state index < -0.39 is 0 Å². The Balaban J connectivity index is 3.61. The number of nitrogens with zero attached hydrogens (tertiary/aromatic N) is 2. The second kappa shape index (κ2) is 7.77. The highest BCUT2D eigenvalue weighted by molar-refractivity contribution is 9.09. The van der Waals surface area contributed by atoms with Crippen LogP contribution < -0.4 is 0 Å². The standard InChI is InChI=1S/C10H23BrN2/c1-5-13(6-2)8-7-12(4)10(3)9-11/h10H,5-9H2,1-4H3. The molecule has 0 heterocycles. The summed E-state index contributed by atoms with van der Waals surface area (Å²) < 4.78 is 0. The molecule has 0 rings (SSSR count). The van der Waals surface area contributed by atoms with Crippen LogP contribution in [0.25, 0.3) is 0 Å². The minimum absolute atomic E-state index is 0.635. The van der Waals surface area contributed by atoms with Crippen LogP contribution in [0.1, 0.15) is 20.8 Å². The highest BCUT2D eigenvalue weighted by Gasteiger charge is 2.08. The Labute approximate surface area is 91.4 Å². The molecule has 0 saturated heterocycles. The van der Waals surface area contributed by atoms with Gasteiger partial charge in [0.25, 0.3) is 0 Å². The monoisotopic (exact) mass is 250 g/mol. The van der Waals surface area contributed by atoms with E-state index in [4.69, 9.17) is 0 Å². The molecule has 0 aromatic heterocycles. The van der Waals surface area contributed by atoms with Crippen LogP contribution in [0.4, 0.5) is 0 Å². The maximum atomic E-state index is 3.50. The Morgan fingerprint density at radius 2 is 1.69 bits per heavy atom. The number of hydrogen-bond donors (Lipinski definition) is 0. The Kier molecular flexibility index (Phi) is 8.01. The summed E-state index contributed by atoms with van der Waals surface area (Å²) in [5.74, 6) is 0. The van der Waals surface area contributed by atoms with Crippen LogP contribution in [-0.4, -0.2) is 54.4 Å². The number of alkyl halides is 1. The molecule has 0 aromatic rings. The second-order valence-corrected chi connectivity index (χ2v) is 4.16. The van der Waals surface area contributed by atoms with Gasteiger partial charge in [0.1, 0.15) is 0 Å². The van der Waals surface area contributed by atoms with Crippen molar-refractivity contribution in [2.45, 2.75) is 26.8 Å². The topological polar surface area (TPSA) is 6.48 Å². The first kappa shape index (κ1) is 13.4. The molecule has 0 N–H and O–H groups in total. The average Bonchev–Trinajstić information content (AvgIpc) is 2.17. The van der Waals surface area contributed by atoms with Crippen molar-refractivity contribution in [1.29, 1.82) is 0 Å². The third-order valence-corrected chi connectivity index (χ3v) is 3.58. The summed E-state index contributed by atoms with van der Waals surface area (Å²) in [6.07, 6.45) is 0. The van der Waals surface area contributed by atoms with E-state index in [9.17, 15) is 0 Å². The maximum Gasteiger partial charge on any atom is 0.0185 e. The predicted octanol–water partition coefficient (Wildman–Crippen LogP) is 2.04. The Morgan fingerprint density at radius 3 is 2.08 bits per heavy atom. The van der Waals surface area contributed by atoms with Gasteiger partial charge < -0.3 is 9.80 Å². The predicted molar refractivity (Wildman–Crippen MR) is 63.7 cm³/mol. The Morgan fingerprint density at radius 1 is 1.15 bits per heavy atom. The first-order chi connectivity index (χ1) is 6.15. The van der Waals surface area contributed by atoms with Gasteiger partial charge in [-0.3, -0.25) is 0 Å². The molecule has 3 heteroatoms. The molecule has 0 saturated carbocycles. The number of rotatable bonds is 7. The summed E-state index contributed by atoms with van der Waals surface area (Å²) in [4.78, 5) is 4.85. The molecule has 80 valence electrons. The van der Waals surface area contributed by atoms with Crippen LogP contribution in [0.2, 0.25) is 0 Å². The summed E-state index contributed by atoms with van der Waals surface area (Å²) in [5.41, 5.74) is 0. The van der Waals surface area contributed by atoms with Crippen molar-refractivity contribution in [2.75, 3.05) is 38.6 Å². The highest BCUT2D eigenvalue weighted by atomic mass is 79.9. The fourth-order valence-electron chi connectivity index (χ4n) is 1.18. The minimum Gasteiger partial charge on any atom is -0.303 e. The summed E-state index contributed by atoms with van der Waals surface area (Å²) in [7, 11) is 2.19. The lowest BCUT2D eigenvalue weighted by Crippen LogP contribution is -2.38. The lowest BCUT2D eigenvalue weighted by molar-refractivity contribution is 0.216. The fraction of sp³-hybridized carbons (Fsp3) is 1.00. The van der Waals surface area contributed by atoms with Gasteiger partial charge in [-0.1, -0.05) is 29.8 Å². The van der Waals surface area contributed by atoms with Gasteiger partial charge in [-0.15, -0.1) is 0 Å². The van der Waals surface area contributed by atoms with E-state index in [1.54, 1.807) is 0 Å². The number of likely N-dealkylation sites (N-methyl/N-ethyl adjacent to an activating group) is 2. The van der Waals surface area contributed by atoms with Gasteiger partial charge in [-0.05, 0) is 27.1 Å². The maximum absolute atomic E-state index is 3.50.